The van der Waals surface area contributed by atoms with Crippen LogP contribution in [0.4, 0.5) is 0 Å². The molecular weight excluding hydrogens is 728 g/mol. The minimum Gasteiger partial charge on any atom is -0.481 e. The Morgan fingerprint density at radius 2 is 1.34 bits per heavy atom. The molecule has 0 bridgehead atoms. The van der Waals surface area contributed by atoms with Gasteiger partial charge in [-0.3, -0.25) is 4.79 Å². The fraction of sp³-hybridized carbons (Fsp3) is 0.929. The molecule has 0 aromatic heterocycles. The van der Waals surface area contributed by atoms with Gasteiger partial charge in [0.15, 0.2) is 12.6 Å². The Labute approximate surface area is 330 Å². The van der Waals surface area contributed by atoms with Gasteiger partial charge in [-0.25, -0.2) is 0 Å². The van der Waals surface area contributed by atoms with E-state index >= 15 is 0 Å². The van der Waals surface area contributed by atoms with Crippen molar-refractivity contribution >= 4 is 5.97 Å². The lowest BCUT2D eigenvalue weighted by Crippen LogP contribution is -2.66. The van der Waals surface area contributed by atoms with Gasteiger partial charge in [-0.2, -0.15) is 0 Å². The van der Waals surface area contributed by atoms with Gasteiger partial charge in [0, 0.05) is 5.41 Å². The van der Waals surface area contributed by atoms with Gasteiger partial charge in [0.25, 0.3) is 0 Å². The van der Waals surface area contributed by atoms with Crippen LogP contribution in [0, 0.1) is 50.2 Å². The van der Waals surface area contributed by atoms with Crippen LogP contribution in [0.1, 0.15) is 106 Å². The van der Waals surface area contributed by atoms with Crippen molar-refractivity contribution in [2.24, 2.45) is 50.2 Å². The number of aliphatic carboxylic acids is 1. The third-order valence-electron chi connectivity index (χ3n) is 17.3. The number of rotatable bonds is 8. The molecule has 4 saturated carbocycles. The van der Waals surface area contributed by atoms with Gasteiger partial charge in [0.1, 0.15) is 48.8 Å². The normalized spacial score (nSPS) is 54.1. The van der Waals surface area contributed by atoms with Crippen LogP contribution in [0.5, 0.6) is 0 Å². The molecule has 0 amide bonds. The zero-order chi connectivity index (χ0) is 41.0. The standard InChI is InChI=1S/C42H68O14/c1-37(2)13-15-42(36(51)52)16-14-40(5)21(22(42)17-37)7-8-26-38(3)11-10-27(44)39(4,25(38)9-12-41(26,40)6)20-54-35-33(50)31(48)29(46)24(56-35)19-53-34-32(49)30(47)28(45)23(18-43)55-34/h7,22-35,43-50H,8-20H2,1-6H3,(H,51,52)/t22-,23+,24+,25+,26+,27-,28+,29+,30-,31-,32+,33+,34+,35+,38-,39-,40+,41+,42-/m0/s1. The van der Waals surface area contributed by atoms with E-state index in [0.29, 0.717) is 19.3 Å². The number of carbonyl (C=O) groups is 1. The van der Waals surface area contributed by atoms with Crippen molar-refractivity contribution in [2.75, 3.05) is 19.8 Å². The Morgan fingerprint density at radius 3 is 1.98 bits per heavy atom. The molecule has 7 aliphatic rings. The first-order valence-corrected chi connectivity index (χ1v) is 21.0. The van der Waals surface area contributed by atoms with Crippen molar-refractivity contribution in [1.82, 2.24) is 0 Å². The minimum atomic E-state index is -1.68. The fourth-order valence-electron chi connectivity index (χ4n) is 13.5. The number of aliphatic hydroxyl groups excluding tert-OH is 8. The first-order valence-electron chi connectivity index (χ1n) is 21.0. The van der Waals surface area contributed by atoms with E-state index in [9.17, 15) is 50.8 Å². The number of carboxylic acids is 1. The van der Waals surface area contributed by atoms with Crippen LogP contribution in [-0.4, -0.2) is 139 Å². The van der Waals surface area contributed by atoms with Crippen molar-refractivity contribution in [3.63, 3.8) is 0 Å². The van der Waals surface area contributed by atoms with Gasteiger partial charge in [-0.1, -0.05) is 53.2 Å². The predicted molar refractivity (Wildman–Crippen MR) is 199 cm³/mol. The lowest BCUT2D eigenvalue weighted by molar-refractivity contribution is -0.336. The zero-order valence-corrected chi connectivity index (χ0v) is 33.9. The maximum Gasteiger partial charge on any atom is 0.310 e. The van der Waals surface area contributed by atoms with Gasteiger partial charge < -0.3 is 64.9 Å². The molecule has 7 rings (SSSR count). The Hall–Kier alpha value is -1.27. The molecular formula is C42H68O14. The summed E-state index contributed by atoms with van der Waals surface area (Å²) in [5, 5.41) is 95.3. The maximum atomic E-state index is 13.0. The quantitative estimate of drug-likeness (QED) is 0.160. The summed E-state index contributed by atoms with van der Waals surface area (Å²) >= 11 is 0. The third kappa shape index (κ3) is 6.38. The summed E-state index contributed by atoms with van der Waals surface area (Å²) in [7, 11) is 0. The molecule has 2 saturated heterocycles. The molecule has 5 aliphatic carbocycles. The molecule has 2 heterocycles. The van der Waals surface area contributed by atoms with Crippen LogP contribution in [0.3, 0.4) is 0 Å². The number of aliphatic hydroxyl groups is 8. The Bertz CT molecular complexity index is 1500. The van der Waals surface area contributed by atoms with Gasteiger partial charge in [0.2, 0.25) is 0 Å². The lowest BCUT2D eigenvalue weighted by Gasteiger charge is -2.71. The van der Waals surface area contributed by atoms with Crippen molar-refractivity contribution in [2.45, 2.75) is 173 Å². The SMILES string of the molecule is CC1(C)CC[C@]2(C(=O)O)CC[C@]3(C)C(=CC[C@@H]4[C@@]5(C)CC[C@H](O)[C@@](C)(CO[C@@H]6O[C@H](CO[C@@H]7O[C@H](CO)[C@@H](O)[C@H](O)[C@H]7O)[C@@H](O)[C@H](O)[C@H]6O)[C@@H]5CC[C@]43C)[C@@H]2C1. The third-order valence-corrected chi connectivity index (χ3v) is 17.3. The number of ether oxygens (including phenoxy) is 4. The molecule has 6 fully saturated rings. The molecule has 19 atom stereocenters. The first-order chi connectivity index (χ1) is 26.1. The van der Waals surface area contributed by atoms with E-state index in [2.05, 4.69) is 40.7 Å². The molecule has 0 radical (unpaired) electrons. The summed E-state index contributed by atoms with van der Waals surface area (Å²) in [6, 6.07) is 0. The fourth-order valence-corrected chi connectivity index (χ4v) is 13.5. The van der Waals surface area contributed by atoms with E-state index in [-0.39, 0.29) is 46.0 Å². The summed E-state index contributed by atoms with van der Waals surface area (Å²) in [5.74, 6) is -0.324. The van der Waals surface area contributed by atoms with Crippen LogP contribution in [0.25, 0.3) is 0 Å². The average Bonchev–Trinajstić information content (AvgIpc) is 3.14. The van der Waals surface area contributed by atoms with E-state index in [4.69, 9.17) is 18.9 Å². The predicted octanol–water partition coefficient (Wildman–Crippen LogP) is 1.85. The summed E-state index contributed by atoms with van der Waals surface area (Å²) in [5.41, 5.74) is -0.474. The van der Waals surface area contributed by atoms with Crippen LogP contribution in [0.2, 0.25) is 0 Å². The molecule has 0 aromatic carbocycles. The molecule has 0 spiro atoms. The number of carboxylic acid groups (broad SMARTS) is 1. The largest absolute Gasteiger partial charge is 0.481 e. The Balaban J connectivity index is 1.09. The van der Waals surface area contributed by atoms with E-state index in [1.807, 2.05) is 6.92 Å². The highest BCUT2D eigenvalue weighted by molar-refractivity contribution is 5.76. The van der Waals surface area contributed by atoms with E-state index in [1.165, 1.54) is 5.57 Å². The van der Waals surface area contributed by atoms with Crippen LogP contribution in [0.15, 0.2) is 11.6 Å². The highest BCUT2D eigenvalue weighted by Gasteiger charge is 2.70. The van der Waals surface area contributed by atoms with Crippen LogP contribution < -0.4 is 0 Å². The monoisotopic (exact) mass is 796 g/mol. The van der Waals surface area contributed by atoms with E-state index in [0.717, 1.165) is 44.9 Å². The second-order valence-corrected chi connectivity index (χ2v) is 20.6. The molecule has 2 aliphatic heterocycles. The molecule has 0 aromatic rings. The first kappa shape index (κ1) is 42.8. The topological polar surface area (TPSA) is 236 Å². The second-order valence-electron chi connectivity index (χ2n) is 20.6. The molecule has 14 nitrogen and oxygen atoms in total. The van der Waals surface area contributed by atoms with Gasteiger partial charge in [-0.05, 0) is 104 Å². The average molecular weight is 797 g/mol. The number of allylic oxidation sites excluding steroid dienone is 2. The summed E-state index contributed by atoms with van der Waals surface area (Å²) in [4.78, 5) is 13.0. The van der Waals surface area contributed by atoms with Crippen molar-refractivity contribution < 1.29 is 69.7 Å². The maximum absolute atomic E-state index is 13.0. The molecule has 320 valence electrons. The van der Waals surface area contributed by atoms with Gasteiger partial charge in [0.05, 0.1) is 31.3 Å². The van der Waals surface area contributed by atoms with Gasteiger partial charge in [-0.15, -0.1) is 0 Å². The zero-order valence-electron chi connectivity index (χ0n) is 33.9. The van der Waals surface area contributed by atoms with Crippen molar-refractivity contribution in [3.05, 3.63) is 11.6 Å². The minimum absolute atomic E-state index is 0.000662. The van der Waals surface area contributed by atoms with E-state index < -0.39 is 97.5 Å². The Kier molecular flexibility index (Phi) is 11.3. The number of fused-ring (bicyclic) bond motifs is 7. The summed E-state index contributed by atoms with van der Waals surface area (Å²) in [6.07, 6.45) is -5.52. The van der Waals surface area contributed by atoms with Crippen LogP contribution in [-0.2, 0) is 23.7 Å². The molecule has 0 unspecified atom stereocenters. The smallest absolute Gasteiger partial charge is 0.310 e. The van der Waals surface area contributed by atoms with Gasteiger partial charge >= 0.3 is 5.97 Å². The lowest BCUT2D eigenvalue weighted by atomic mass is 9.33. The summed E-state index contributed by atoms with van der Waals surface area (Å²) in [6.45, 7) is 12.7. The van der Waals surface area contributed by atoms with Crippen molar-refractivity contribution in [3.8, 4) is 0 Å². The van der Waals surface area contributed by atoms with E-state index in [1.54, 1.807) is 0 Å². The molecule has 14 heteroatoms. The highest BCUT2D eigenvalue weighted by atomic mass is 16.7. The van der Waals surface area contributed by atoms with Crippen LogP contribution >= 0.6 is 0 Å². The van der Waals surface area contributed by atoms with Crippen molar-refractivity contribution in [1.29, 1.82) is 0 Å². The summed E-state index contributed by atoms with van der Waals surface area (Å²) < 4.78 is 23.3. The number of hydrogen-bond acceptors (Lipinski definition) is 13. The second kappa shape index (κ2) is 14.7. The molecule has 56 heavy (non-hydrogen) atoms. The molecule has 9 N–H and O–H groups in total. The number of hydrogen-bond donors (Lipinski definition) is 9. The highest BCUT2D eigenvalue weighted by Crippen LogP contribution is 2.75. The Morgan fingerprint density at radius 1 is 0.732 bits per heavy atom.